The fourth-order valence-electron chi connectivity index (χ4n) is 6.37. The Balaban J connectivity index is 0.000000135. The number of methoxy groups -OCH3 is 1. The molecule has 210 valence electrons. The SMILES string of the molecule is COC(=O)c1cn2c(n1)-c1cc(Br)c(F)cc1C1CC2C1.O=C(O)c1cn2c(n1)-c1cc(Br)c(F)cc1C1CC2C1. The molecule has 4 bridgehead atoms. The number of rotatable bonds is 2. The highest BCUT2D eigenvalue weighted by molar-refractivity contribution is 9.10. The van der Waals surface area contributed by atoms with E-state index in [0.29, 0.717) is 38.3 Å². The molecule has 10 rings (SSSR count). The average molecular weight is 688 g/mol. The maximum atomic E-state index is 13.8. The molecule has 0 amide bonds. The van der Waals surface area contributed by atoms with Gasteiger partial charge in [-0.1, -0.05) is 0 Å². The molecule has 8 nitrogen and oxygen atoms in total. The zero-order valence-corrected chi connectivity index (χ0v) is 24.7. The number of ether oxygens (including phenoxy) is 1. The van der Waals surface area contributed by atoms with E-state index in [2.05, 4.69) is 41.8 Å². The van der Waals surface area contributed by atoms with Crippen LogP contribution in [0.25, 0.3) is 22.8 Å². The first kappa shape index (κ1) is 26.5. The van der Waals surface area contributed by atoms with Crippen molar-refractivity contribution < 1.29 is 28.2 Å². The second-order valence-corrected chi connectivity index (χ2v) is 12.6. The average Bonchev–Trinajstić information content (AvgIpc) is 3.42. The summed E-state index contributed by atoms with van der Waals surface area (Å²) >= 11 is 6.42. The molecule has 0 radical (unpaired) electrons. The van der Waals surface area contributed by atoms with Crippen molar-refractivity contribution in [1.82, 2.24) is 19.1 Å². The third-order valence-corrected chi connectivity index (χ3v) is 9.85. The number of carboxylic acids is 1. The minimum Gasteiger partial charge on any atom is -0.476 e. The lowest BCUT2D eigenvalue weighted by atomic mass is 9.76. The maximum absolute atomic E-state index is 13.8. The molecule has 2 fully saturated rings. The van der Waals surface area contributed by atoms with E-state index in [0.717, 1.165) is 53.8 Å². The van der Waals surface area contributed by atoms with Crippen LogP contribution in [0, 0.1) is 11.6 Å². The lowest BCUT2D eigenvalue weighted by Crippen LogP contribution is -2.22. The molecule has 41 heavy (non-hydrogen) atoms. The van der Waals surface area contributed by atoms with Gasteiger partial charge >= 0.3 is 11.9 Å². The fourth-order valence-corrected chi connectivity index (χ4v) is 7.06. The molecule has 6 heterocycles. The van der Waals surface area contributed by atoms with Crippen LogP contribution in [0.2, 0.25) is 0 Å². The monoisotopic (exact) mass is 686 g/mol. The van der Waals surface area contributed by atoms with Gasteiger partial charge in [0.15, 0.2) is 11.4 Å². The topological polar surface area (TPSA) is 99.2 Å². The number of imidazole rings is 2. The summed E-state index contributed by atoms with van der Waals surface area (Å²) in [5.41, 5.74) is 3.97. The van der Waals surface area contributed by atoms with E-state index in [9.17, 15) is 18.4 Å². The molecule has 6 aliphatic rings. The van der Waals surface area contributed by atoms with Gasteiger partial charge in [0, 0.05) is 35.6 Å². The summed E-state index contributed by atoms with van der Waals surface area (Å²) in [4.78, 5) is 31.5. The first-order valence-corrected chi connectivity index (χ1v) is 14.7. The Morgan fingerprint density at radius 3 is 1.71 bits per heavy atom. The smallest absolute Gasteiger partial charge is 0.358 e. The fraction of sp³-hybridized carbons (Fsp3) is 0.310. The second-order valence-electron chi connectivity index (χ2n) is 10.9. The van der Waals surface area contributed by atoms with E-state index < -0.39 is 11.9 Å². The molecule has 0 saturated heterocycles. The van der Waals surface area contributed by atoms with Gasteiger partial charge in [-0.15, -0.1) is 0 Å². The lowest BCUT2D eigenvalue weighted by Gasteiger charge is -2.34. The Kier molecular flexibility index (Phi) is 6.20. The van der Waals surface area contributed by atoms with Gasteiger partial charge in [0.2, 0.25) is 0 Å². The molecule has 4 aliphatic heterocycles. The number of nitrogens with zero attached hydrogens (tertiary/aromatic N) is 4. The molecule has 0 unspecified atom stereocenters. The summed E-state index contributed by atoms with van der Waals surface area (Å²) in [7, 11) is 1.34. The Labute approximate surface area is 249 Å². The van der Waals surface area contributed by atoms with Crippen molar-refractivity contribution in [1.29, 1.82) is 0 Å². The van der Waals surface area contributed by atoms with Crippen molar-refractivity contribution in [3.63, 3.8) is 0 Å². The van der Waals surface area contributed by atoms with Gasteiger partial charge in [-0.2, -0.15) is 0 Å². The highest BCUT2D eigenvalue weighted by Gasteiger charge is 2.41. The van der Waals surface area contributed by atoms with Crippen molar-refractivity contribution in [2.75, 3.05) is 7.11 Å². The number of esters is 1. The first-order valence-electron chi connectivity index (χ1n) is 13.1. The molecule has 4 aromatic rings. The number of aromatic carboxylic acids is 1. The van der Waals surface area contributed by atoms with E-state index in [1.54, 1.807) is 36.7 Å². The van der Waals surface area contributed by atoms with Crippen molar-refractivity contribution >= 4 is 43.8 Å². The number of aromatic nitrogens is 4. The Hall–Kier alpha value is -3.38. The van der Waals surface area contributed by atoms with Crippen LogP contribution >= 0.6 is 31.9 Å². The van der Waals surface area contributed by atoms with Crippen LogP contribution in [0.4, 0.5) is 8.78 Å². The number of hydrogen-bond donors (Lipinski definition) is 1. The summed E-state index contributed by atoms with van der Waals surface area (Å²) < 4.78 is 37.1. The summed E-state index contributed by atoms with van der Waals surface area (Å²) in [5, 5.41) is 9.11. The molecule has 2 aromatic carbocycles. The summed E-state index contributed by atoms with van der Waals surface area (Å²) in [6.45, 7) is 0. The Morgan fingerprint density at radius 2 is 1.27 bits per heavy atom. The van der Waals surface area contributed by atoms with E-state index in [1.807, 2.05) is 9.13 Å². The van der Waals surface area contributed by atoms with E-state index >= 15 is 0 Å². The van der Waals surface area contributed by atoms with Gasteiger partial charge in [0.25, 0.3) is 0 Å². The number of benzene rings is 2. The van der Waals surface area contributed by atoms with E-state index in [1.165, 1.54) is 7.11 Å². The van der Waals surface area contributed by atoms with Crippen LogP contribution in [0.3, 0.4) is 0 Å². The van der Waals surface area contributed by atoms with Crippen LogP contribution in [0.5, 0.6) is 0 Å². The lowest BCUT2D eigenvalue weighted by molar-refractivity contribution is 0.0593. The van der Waals surface area contributed by atoms with Crippen LogP contribution in [-0.2, 0) is 4.74 Å². The van der Waals surface area contributed by atoms with E-state index in [-0.39, 0.29) is 23.4 Å². The molecule has 0 spiro atoms. The van der Waals surface area contributed by atoms with Crippen LogP contribution < -0.4 is 0 Å². The molecule has 2 aromatic heterocycles. The number of carboxylic acid groups (broad SMARTS) is 1. The van der Waals surface area contributed by atoms with Gasteiger partial charge in [-0.3, -0.25) is 0 Å². The standard InChI is InChI=1S/C15H12BrFN2O2.C14H10BrFN2O2/c1-21-15(20)13-6-19-8-2-7(3-8)9-5-12(17)11(16)4-10(9)14(19)18-13;15-10-3-9-8(4-11(10)16)6-1-7(2-6)18-5-12(14(19)20)17-13(9)18/h4-8H,2-3H2,1H3;3-7H,1-2H2,(H,19,20). The minimum absolute atomic E-state index is 0.0387. The molecule has 2 aliphatic carbocycles. The second kappa shape index (κ2) is 9.59. The number of carbonyl (C=O) groups is 2. The van der Waals surface area contributed by atoms with Crippen LogP contribution in [-0.4, -0.2) is 43.3 Å². The largest absolute Gasteiger partial charge is 0.476 e. The molecule has 0 atom stereocenters. The van der Waals surface area contributed by atoms with Crippen molar-refractivity contribution in [3.8, 4) is 22.8 Å². The summed E-state index contributed by atoms with van der Waals surface area (Å²) in [5.74, 6) is 0.0251. The van der Waals surface area contributed by atoms with Crippen molar-refractivity contribution in [3.05, 3.63) is 79.8 Å². The Morgan fingerprint density at radius 1 is 0.829 bits per heavy atom. The normalized spacial score (nSPS) is 22.2. The van der Waals surface area contributed by atoms with Gasteiger partial charge in [0.05, 0.1) is 16.1 Å². The van der Waals surface area contributed by atoms with Crippen molar-refractivity contribution in [2.45, 2.75) is 49.6 Å². The van der Waals surface area contributed by atoms with Crippen molar-refractivity contribution in [2.24, 2.45) is 0 Å². The Bertz CT molecular complexity index is 1770. The molecular formula is C29H22Br2F2N4O4. The van der Waals surface area contributed by atoms with Gasteiger partial charge in [-0.25, -0.2) is 28.3 Å². The molecule has 2 saturated carbocycles. The molecular weight excluding hydrogens is 666 g/mol. The first-order chi connectivity index (χ1) is 19.6. The summed E-state index contributed by atoms with van der Waals surface area (Å²) in [6, 6.07) is 7.18. The maximum Gasteiger partial charge on any atom is 0.358 e. The predicted octanol–water partition coefficient (Wildman–Crippen LogP) is 7.25. The highest BCUT2D eigenvalue weighted by atomic mass is 79.9. The number of carbonyl (C=O) groups excluding carboxylic acids is 1. The molecule has 1 N–H and O–H groups in total. The van der Waals surface area contributed by atoms with Crippen LogP contribution in [0.15, 0.2) is 45.6 Å². The van der Waals surface area contributed by atoms with Gasteiger partial charge < -0.3 is 19.0 Å². The molecule has 12 heteroatoms. The summed E-state index contributed by atoms with van der Waals surface area (Å²) in [6.07, 6.45) is 7.07. The zero-order chi connectivity index (χ0) is 28.7. The minimum atomic E-state index is -1.04. The van der Waals surface area contributed by atoms with Gasteiger partial charge in [-0.05, 0) is 105 Å². The zero-order valence-electron chi connectivity index (χ0n) is 21.6. The number of hydrogen-bond acceptors (Lipinski definition) is 5. The third-order valence-electron chi connectivity index (χ3n) is 8.64. The quantitative estimate of drug-likeness (QED) is 0.223. The highest BCUT2D eigenvalue weighted by Crippen LogP contribution is 2.53. The van der Waals surface area contributed by atoms with Gasteiger partial charge in [0.1, 0.15) is 23.3 Å². The number of halogens is 4. The van der Waals surface area contributed by atoms with E-state index in [4.69, 9.17) is 9.84 Å². The third kappa shape index (κ3) is 4.17. The predicted molar refractivity (Wildman–Crippen MR) is 151 cm³/mol. The van der Waals surface area contributed by atoms with Crippen LogP contribution in [0.1, 0.15) is 81.7 Å².